The number of hydrogen-bond donors (Lipinski definition) is 2. The maximum Gasteiger partial charge on any atom is 0.251 e. The highest BCUT2D eigenvalue weighted by Gasteiger charge is 2.27. The molecule has 1 heterocycles. The first-order chi connectivity index (χ1) is 10.8. The SMILES string of the molecule is Cc1cc(C(=O)NCC[NH+](C)C)ccc1N1CCCCS1(=O)=O. The Kier molecular flexibility index (Phi) is 5.64. The van der Waals surface area contributed by atoms with Gasteiger partial charge in [0.05, 0.1) is 38.6 Å². The highest BCUT2D eigenvalue weighted by molar-refractivity contribution is 7.92. The number of rotatable bonds is 5. The molecule has 1 saturated heterocycles. The molecule has 0 aromatic heterocycles. The number of aryl methyl sites for hydroxylation is 1. The van der Waals surface area contributed by atoms with Crippen LogP contribution < -0.4 is 14.5 Å². The van der Waals surface area contributed by atoms with Crippen LogP contribution in [-0.4, -0.2) is 53.8 Å². The van der Waals surface area contributed by atoms with Crippen molar-refractivity contribution in [2.45, 2.75) is 19.8 Å². The summed E-state index contributed by atoms with van der Waals surface area (Å²) in [4.78, 5) is 13.4. The molecule has 1 aliphatic rings. The summed E-state index contributed by atoms with van der Waals surface area (Å²) in [6, 6.07) is 5.20. The van der Waals surface area contributed by atoms with Gasteiger partial charge in [-0.1, -0.05) is 0 Å². The fourth-order valence-electron chi connectivity index (χ4n) is 2.66. The molecule has 1 aromatic carbocycles. The van der Waals surface area contributed by atoms with Gasteiger partial charge in [-0.05, 0) is 43.5 Å². The third kappa shape index (κ3) is 4.45. The van der Waals surface area contributed by atoms with Crippen molar-refractivity contribution in [1.82, 2.24) is 5.32 Å². The van der Waals surface area contributed by atoms with Gasteiger partial charge in [-0.25, -0.2) is 8.42 Å². The van der Waals surface area contributed by atoms with Gasteiger partial charge in [0.2, 0.25) is 10.0 Å². The molecule has 2 N–H and O–H groups in total. The smallest absolute Gasteiger partial charge is 0.251 e. The minimum atomic E-state index is -3.23. The van der Waals surface area contributed by atoms with Crippen LogP contribution in [0.2, 0.25) is 0 Å². The van der Waals surface area contributed by atoms with Crippen molar-refractivity contribution in [3.05, 3.63) is 29.3 Å². The molecule has 0 unspecified atom stereocenters. The normalized spacial score (nSPS) is 17.3. The molecule has 0 atom stereocenters. The summed E-state index contributed by atoms with van der Waals surface area (Å²) < 4.78 is 25.9. The van der Waals surface area contributed by atoms with Crippen LogP contribution in [0.4, 0.5) is 5.69 Å². The average molecular weight is 340 g/mol. The maximum absolute atomic E-state index is 12.2. The Morgan fingerprint density at radius 1 is 1.30 bits per heavy atom. The molecule has 0 spiro atoms. The zero-order valence-corrected chi connectivity index (χ0v) is 14.9. The highest BCUT2D eigenvalue weighted by atomic mass is 32.2. The number of quaternary nitrogens is 1. The fraction of sp³-hybridized carbons (Fsp3) is 0.562. The van der Waals surface area contributed by atoms with Crippen LogP contribution in [0.1, 0.15) is 28.8 Å². The highest BCUT2D eigenvalue weighted by Crippen LogP contribution is 2.27. The molecular weight excluding hydrogens is 314 g/mol. The zero-order valence-electron chi connectivity index (χ0n) is 14.1. The Hall–Kier alpha value is -1.60. The van der Waals surface area contributed by atoms with E-state index in [0.29, 0.717) is 30.8 Å². The van der Waals surface area contributed by atoms with E-state index in [9.17, 15) is 13.2 Å². The van der Waals surface area contributed by atoms with Gasteiger partial charge in [-0.15, -0.1) is 0 Å². The van der Waals surface area contributed by atoms with Crippen LogP contribution in [0.3, 0.4) is 0 Å². The molecule has 1 aromatic rings. The van der Waals surface area contributed by atoms with Crippen LogP contribution in [0, 0.1) is 6.92 Å². The van der Waals surface area contributed by atoms with Gasteiger partial charge in [-0.2, -0.15) is 0 Å². The minimum absolute atomic E-state index is 0.123. The fourth-order valence-corrected chi connectivity index (χ4v) is 4.37. The Labute approximate surface area is 138 Å². The molecule has 0 radical (unpaired) electrons. The van der Waals surface area contributed by atoms with Crippen LogP contribution >= 0.6 is 0 Å². The molecule has 1 fully saturated rings. The molecule has 1 aliphatic heterocycles. The number of sulfonamides is 1. The van der Waals surface area contributed by atoms with Gasteiger partial charge in [0.1, 0.15) is 0 Å². The number of nitrogens with one attached hydrogen (secondary N) is 2. The first-order valence-electron chi connectivity index (χ1n) is 7.99. The molecular formula is C16H26N3O3S+. The van der Waals surface area contributed by atoms with Crippen molar-refractivity contribution >= 4 is 21.6 Å². The number of benzene rings is 1. The van der Waals surface area contributed by atoms with Crippen LogP contribution in [0.25, 0.3) is 0 Å². The number of nitrogens with zero attached hydrogens (tertiary/aromatic N) is 1. The monoisotopic (exact) mass is 340 g/mol. The van der Waals surface area contributed by atoms with Crippen LogP contribution in [-0.2, 0) is 10.0 Å². The molecule has 0 bridgehead atoms. The van der Waals surface area contributed by atoms with Gasteiger partial charge < -0.3 is 10.2 Å². The van der Waals surface area contributed by atoms with E-state index in [2.05, 4.69) is 5.32 Å². The summed E-state index contributed by atoms with van der Waals surface area (Å²) in [6.07, 6.45) is 1.58. The van der Waals surface area contributed by atoms with Crippen molar-refractivity contribution < 1.29 is 18.1 Å². The van der Waals surface area contributed by atoms with Crippen molar-refractivity contribution in [2.24, 2.45) is 0 Å². The summed E-state index contributed by atoms with van der Waals surface area (Å²) in [7, 11) is 0.838. The second-order valence-electron chi connectivity index (χ2n) is 6.31. The van der Waals surface area contributed by atoms with E-state index in [-0.39, 0.29) is 11.7 Å². The molecule has 6 nitrogen and oxygen atoms in total. The molecule has 128 valence electrons. The molecule has 1 amide bonds. The third-order valence-electron chi connectivity index (χ3n) is 3.99. The minimum Gasteiger partial charge on any atom is -0.346 e. The average Bonchev–Trinajstić information content (AvgIpc) is 2.47. The second-order valence-corrected chi connectivity index (χ2v) is 8.32. The van der Waals surface area contributed by atoms with E-state index in [4.69, 9.17) is 0 Å². The molecule has 23 heavy (non-hydrogen) atoms. The number of likely N-dealkylation sites (N-methyl/N-ethyl adjacent to an activating group) is 1. The number of carbonyl (C=O) groups is 1. The van der Waals surface area contributed by atoms with Gasteiger partial charge in [0, 0.05) is 12.1 Å². The Morgan fingerprint density at radius 3 is 2.65 bits per heavy atom. The van der Waals surface area contributed by atoms with Gasteiger partial charge >= 0.3 is 0 Å². The van der Waals surface area contributed by atoms with Gasteiger partial charge in [0.15, 0.2) is 0 Å². The van der Waals surface area contributed by atoms with E-state index in [1.54, 1.807) is 18.2 Å². The topological polar surface area (TPSA) is 70.9 Å². The van der Waals surface area contributed by atoms with Gasteiger partial charge in [0.25, 0.3) is 5.91 Å². The largest absolute Gasteiger partial charge is 0.346 e. The second kappa shape index (κ2) is 7.31. The lowest BCUT2D eigenvalue weighted by molar-refractivity contribution is -0.856. The summed E-state index contributed by atoms with van der Waals surface area (Å²) >= 11 is 0. The first kappa shape index (κ1) is 17.7. The van der Waals surface area contributed by atoms with E-state index < -0.39 is 10.0 Å². The van der Waals surface area contributed by atoms with E-state index >= 15 is 0 Å². The van der Waals surface area contributed by atoms with Crippen molar-refractivity contribution in [3.8, 4) is 0 Å². The van der Waals surface area contributed by atoms with Crippen LogP contribution in [0.15, 0.2) is 18.2 Å². The summed E-state index contributed by atoms with van der Waals surface area (Å²) in [6.45, 7) is 3.83. The van der Waals surface area contributed by atoms with Gasteiger partial charge in [-0.3, -0.25) is 9.10 Å². The van der Waals surface area contributed by atoms with Crippen LogP contribution in [0.5, 0.6) is 0 Å². The molecule has 7 heteroatoms. The Balaban J connectivity index is 2.13. The number of anilines is 1. The van der Waals surface area contributed by atoms with E-state index in [0.717, 1.165) is 18.5 Å². The predicted octanol–water partition coefficient (Wildman–Crippen LogP) is -0.201. The third-order valence-corrected chi connectivity index (χ3v) is 5.84. The summed E-state index contributed by atoms with van der Waals surface area (Å²) in [5.41, 5.74) is 2.05. The maximum atomic E-state index is 12.2. The standard InChI is InChI=1S/C16H25N3O3S/c1-13-12-14(16(20)17-8-10-18(2)3)6-7-15(13)19-9-4-5-11-23(19,21)22/h6-7,12H,4-5,8-11H2,1-3H3,(H,17,20)/p+1. The summed E-state index contributed by atoms with van der Waals surface area (Å²) in [5.74, 6) is 0.0732. The van der Waals surface area contributed by atoms with Crippen molar-refractivity contribution in [3.63, 3.8) is 0 Å². The number of hydrogen-bond acceptors (Lipinski definition) is 3. The lowest BCUT2D eigenvalue weighted by Gasteiger charge is -2.29. The first-order valence-corrected chi connectivity index (χ1v) is 9.60. The van der Waals surface area contributed by atoms with Crippen molar-refractivity contribution in [1.29, 1.82) is 0 Å². The van der Waals surface area contributed by atoms with E-state index in [1.807, 2.05) is 21.0 Å². The summed E-state index contributed by atoms with van der Waals surface area (Å²) in [5, 5.41) is 2.88. The molecule has 0 saturated carbocycles. The lowest BCUT2D eigenvalue weighted by Crippen LogP contribution is -3.06. The predicted molar refractivity (Wildman–Crippen MR) is 91.6 cm³/mol. The lowest BCUT2D eigenvalue weighted by atomic mass is 10.1. The van der Waals surface area contributed by atoms with E-state index in [1.165, 1.54) is 9.21 Å². The number of amides is 1. The Morgan fingerprint density at radius 2 is 2.04 bits per heavy atom. The zero-order chi connectivity index (χ0) is 17.0. The molecule has 0 aliphatic carbocycles. The number of carbonyl (C=O) groups excluding carboxylic acids is 1. The van der Waals surface area contributed by atoms with Crippen molar-refractivity contribution in [2.75, 3.05) is 43.8 Å². The molecule has 2 rings (SSSR count). The Bertz CT molecular complexity index is 671. The quantitative estimate of drug-likeness (QED) is 0.780.